The average molecular weight is 245 g/mol. The van der Waals surface area contributed by atoms with Gasteiger partial charge in [-0.1, -0.05) is 37.2 Å². The molecular formula is C14H19N3O. The average Bonchev–Trinajstić information content (AvgIpc) is 2.75. The Labute approximate surface area is 107 Å². The van der Waals surface area contributed by atoms with Gasteiger partial charge in [0.15, 0.2) is 5.82 Å². The van der Waals surface area contributed by atoms with Crippen LogP contribution in [0.3, 0.4) is 0 Å². The summed E-state index contributed by atoms with van der Waals surface area (Å²) in [4.78, 5) is 4.35. The highest BCUT2D eigenvalue weighted by Crippen LogP contribution is 2.14. The predicted octanol–water partition coefficient (Wildman–Crippen LogP) is 3.19. The second-order valence-electron chi connectivity index (χ2n) is 4.87. The lowest BCUT2D eigenvalue weighted by atomic mass is 10.1. The monoisotopic (exact) mass is 245 g/mol. The molecule has 0 aliphatic carbocycles. The van der Waals surface area contributed by atoms with Crippen molar-refractivity contribution in [1.29, 1.82) is 0 Å². The van der Waals surface area contributed by atoms with Gasteiger partial charge in [0.05, 0.1) is 6.54 Å². The van der Waals surface area contributed by atoms with Gasteiger partial charge in [0.1, 0.15) is 0 Å². The second-order valence-corrected chi connectivity index (χ2v) is 4.87. The van der Waals surface area contributed by atoms with Crippen LogP contribution >= 0.6 is 0 Å². The number of hydrogen-bond donors (Lipinski definition) is 1. The van der Waals surface area contributed by atoms with E-state index in [-0.39, 0.29) is 0 Å². The molecule has 0 radical (unpaired) electrons. The summed E-state index contributed by atoms with van der Waals surface area (Å²) in [6, 6.07) is 8.14. The molecule has 0 amide bonds. The van der Waals surface area contributed by atoms with Crippen molar-refractivity contribution in [3.8, 4) is 0 Å². The van der Waals surface area contributed by atoms with Gasteiger partial charge in [-0.2, -0.15) is 4.98 Å². The summed E-state index contributed by atoms with van der Waals surface area (Å²) in [7, 11) is 0. The third-order valence-corrected chi connectivity index (χ3v) is 2.68. The van der Waals surface area contributed by atoms with Crippen LogP contribution in [0.4, 0.5) is 5.69 Å². The van der Waals surface area contributed by atoms with Crippen LogP contribution in [0.15, 0.2) is 28.8 Å². The van der Waals surface area contributed by atoms with Gasteiger partial charge in [0.25, 0.3) is 0 Å². The fourth-order valence-electron chi connectivity index (χ4n) is 1.75. The maximum Gasteiger partial charge on any atom is 0.245 e. The second kappa shape index (κ2) is 5.67. The fraction of sp³-hybridized carbons (Fsp3) is 0.429. The molecule has 4 nitrogen and oxygen atoms in total. The molecule has 1 N–H and O–H groups in total. The number of para-hydroxylation sites is 1. The maximum absolute atomic E-state index is 5.20. The van der Waals surface area contributed by atoms with Crippen molar-refractivity contribution in [3.63, 3.8) is 0 Å². The van der Waals surface area contributed by atoms with E-state index in [9.17, 15) is 0 Å². The van der Waals surface area contributed by atoms with Crippen LogP contribution in [0, 0.1) is 12.8 Å². The number of anilines is 1. The van der Waals surface area contributed by atoms with Crippen molar-refractivity contribution in [2.75, 3.05) is 5.32 Å². The van der Waals surface area contributed by atoms with Gasteiger partial charge in [-0.15, -0.1) is 0 Å². The number of benzene rings is 1. The topological polar surface area (TPSA) is 51.0 Å². The van der Waals surface area contributed by atoms with Crippen molar-refractivity contribution in [2.24, 2.45) is 5.92 Å². The standard InChI is InChI=1S/C14H19N3O/c1-10(2)8-13-16-14(18-17-13)9-15-12-7-5-4-6-11(12)3/h4-7,10,15H,8-9H2,1-3H3. The highest BCUT2D eigenvalue weighted by atomic mass is 16.5. The maximum atomic E-state index is 5.20. The van der Waals surface area contributed by atoms with Crippen LogP contribution in [-0.2, 0) is 13.0 Å². The zero-order valence-electron chi connectivity index (χ0n) is 11.1. The lowest BCUT2D eigenvalue weighted by Gasteiger charge is -2.06. The van der Waals surface area contributed by atoms with E-state index < -0.39 is 0 Å². The summed E-state index contributed by atoms with van der Waals surface area (Å²) in [6.45, 7) is 6.92. The Bertz CT molecular complexity index is 505. The molecule has 4 heteroatoms. The minimum atomic E-state index is 0.541. The number of nitrogens with zero attached hydrogens (tertiary/aromatic N) is 2. The third-order valence-electron chi connectivity index (χ3n) is 2.68. The molecule has 0 saturated heterocycles. The molecule has 0 aliphatic heterocycles. The van der Waals surface area contributed by atoms with Crippen molar-refractivity contribution in [1.82, 2.24) is 10.1 Å². The Hall–Kier alpha value is -1.84. The van der Waals surface area contributed by atoms with Crippen LogP contribution in [-0.4, -0.2) is 10.1 Å². The summed E-state index contributed by atoms with van der Waals surface area (Å²) in [6.07, 6.45) is 0.855. The number of hydrogen-bond acceptors (Lipinski definition) is 4. The molecule has 0 unspecified atom stereocenters. The largest absolute Gasteiger partial charge is 0.376 e. The summed E-state index contributed by atoms with van der Waals surface area (Å²) in [5.74, 6) is 1.96. The first-order valence-electron chi connectivity index (χ1n) is 6.26. The molecule has 0 bridgehead atoms. The molecule has 18 heavy (non-hydrogen) atoms. The Morgan fingerprint density at radius 2 is 2.06 bits per heavy atom. The van der Waals surface area contributed by atoms with Gasteiger partial charge in [-0.25, -0.2) is 0 Å². The summed E-state index contributed by atoms with van der Waals surface area (Å²) in [5.41, 5.74) is 2.31. The first kappa shape index (κ1) is 12.6. The number of rotatable bonds is 5. The predicted molar refractivity (Wildman–Crippen MR) is 71.3 cm³/mol. The Morgan fingerprint density at radius 3 is 2.78 bits per heavy atom. The van der Waals surface area contributed by atoms with Crippen molar-refractivity contribution >= 4 is 5.69 Å². The number of aryl methyl sites for hydroxylation is 1. The van der Waals surface area contributed by atoms with Gasteiger partial charge in [0.2, 0.25) is 5.89 Å². The highest BCUT2D eigenvalue weighted by Gasteiger charge is 2.08. The van der Waals surface area contributed by atoms with Crippen LogP contribution in [0.1, 0.15) is 31.1 Å². The van der Waals surface area contributed by atoms with Gasteiger partial charge >= 0.3 is 0 Å². The van der Waals surface area contributed by atoms with Crippen LogP contribution in [0.5, 0.6) is 0 Å². The van der Waals surface area contributed by atoms with E-state index in [1.54, 1.807) is 0 Å². The molecule has 96 valence electrons. The molecule has 2 rings (SSSR count). The number of nitrogens with one attached hydrogen (secondary N) is 1. The van der Waals surface area contributed by atoms with E-state index in [1.807, 2.05) is 18.2 Å². The van der Waals surface area contributed by atoms with E-state index in [2.05, 4.69) is 42.3 Å². The molecule has 1 heterocycles. The van der Waals surface area contributed by atoms with E-state index in [1.165, 1.54) is 5.56 Å². The molecule has 0 spiro atoms. The van der Waals surface area contributed by atoms with Crippen molar-refractivity contribution in [3.05, 3.63) is 41.5 Å². The van der Waals surface area contributed by atoms with Crippen molar-refractivity contribution < 1.29 is 4.52 Å². The SMILES string of the molecule is Cc1ccccc1NCc1nc(CC(C)C)no1. The van der Waals surface area contributed by atoms with E-state index >= 15 is 0 Å². The van der Waals surface area contributed by atoms with E-state index in [0.717, 1.165) is 17.9 Å². The zero-order chi connectivity index (χ0) is 13.0. The molecule has 0 aliphatic rings. The minimum absolute atomic E-state index is 0.541. The van der Waals surface area contributed by atoms with Crippen LogP contribution in [0.2, 0.25) is 0 Å². The summed E-state index contributed by atoms with van der Waals surface area (Å²) < 4.78 is 5.20. The highest BCUT2D eigenvalue weighted by molar-refractivity contribution is 5.50. The number of aromatic nitrogens is 2. The minimum Gasteiger partial charge on any atom is -0.376 e. The molecule has 0 fully saturated rings. The van der Waals surface area contributed by atoms with Crippen LogP contribution < -0.4 is 5.32 Å². The fourth-order valence-corrected chi connectivity index (χ4v) is 1.75. The summed E-state index contributed by atoms with van der Waals surface area (Å²) >= 11 is 0. The molecule has 1 aromatic heterocycles. The van der Waals surface area contributed by atoms with Gasteiger partial charge in [-0.05, 0) is 24.5 Å². The molecule has 0 saturated carbocycles. The molecule has 0 atom stereocenters. The lowest BCUT2D eigenvalue weighted by molar-refractivity contribution is 0.375. The Balaban J connectivity index is 1.94. The molecular weight excluding hydrogens is 226 g/mol. The first-order valence-corrected chi connectivity index (χ1v) is 6.26. The third kappa shape index (κ3) is 3.32. The van der Waals surface area contributed by atoms with Crippen LogP contribution in [0.25, 0.3) is 0 Å². The smallest absolute Gasteiger partial charge is 0.245 e. The first-order chi connectivity index (χ1) is 8.65. The zero-order valence-corrected chi connectivity index (χ0v) is 11.1. The molecule has 1 aromatic carbocycles. The van der Waals surface area contributed by atoms with Crippen molar-refractivity contribution in [2.45, 2.75) is 33.7 Å². The van der Waals surface area contributed by atoms with Gasteiger partial charge in [-0.3, -0.25) is 0 Å². The Morgan fingerprint density at radius 1 is 1.28 bits per heavy atom. The quantitative estimate of drug-likeness (QED) is 0.879. The molecule has 2 aromatic rings. The normalized spacial score (nSPS) is 10.9. The Kier molecular flexibility index (Phi) is 3.97. The lowest BCUT2D eigenvalue weighted by Crippen LogP contribution is -2.02. The van der Waals surface area contributed by atoms with Gasteiger partial charge in [0, 0.05) is 12.1 Å². The van der Waals surface area contributed by atoms with E-state index in [0.29, 0.717) is 18.4 Å². The summed E-state index contributed by atoms with van der Waals surface area (Å²) in [5, 5.41) is 7.26. The van der Waals surface area contributed by atoms with E-state index in [4.69, 9.17) is 4.52 Å². The van der Waals surface area contributed by atoms with Gasteiger partial charge < -0.3 is 9.84 Å².